The van der Waals surface area contributed by atoms with Crippen molar-refractivity contribution in [3.63, 3.8) is 0 Å². The Balaban J connectivity index is 1.37. The van der Waals surface area contributed by atoms with E-state index in [9.17, 15) is 9.59 Å². The van der Waals surface area contributed by atoms with Gasteiger partial charge in [-0.2, -0.15) is 0 Å². The van der Waals surface area contributed by atoms with Crippen LogP contribution < -0.4 is 10.2 Å². The molecule has 0 spiro atoms. The Labute approximate surface area is 184 Å². The van der Waals surface area contributed by atoms with E-state index in [0.29, 0.717) is 18.5 Å². The maximum atomic E-state index is 12.7. The van der Waals surface area contributed by atoms with Crippen molar-refractivity contribution in [2.24, 2.45) is 0 Å². The molecule has 2 unspecified atom stereocenters. The van der Waals surface area contributed by atoms with E-state index < -0.39 is 0 Å². The van der Waals surface area contributed by atoms with Gasteiger partial charge in [0.05, 0.1) is 12.2 Å². The summed E-state index contributed by atoms with van der Waals surface area (Å²) >= 11 is 0. The van der Waals surface area contributed by atoms with Crippen molar-refractivity contribution in [3.8, 4) is 0 Å². The summed E-state index contributed by atoms with van der Waals surface area (Å²) in [5.41, 5.74) is 3.82. The summed E-state index contributed by atoms with van der Waals surface area (Å²) in [6.45, 7) is 8.13. The molecule has 2 heterocycles. The molecule has 6 heteroatoms. The van der Waals surface area contributed by atoms with Gasteiger partial charge in [0.15, 0.2) is 0 Å². The molecule has 2 aliphatic heterocycles. The standard InChI is InChI=1S/C25H31N3O3/c1-18-15-27(16-19(2)31-18)17-22-7-4-3-6-21(22)14-26-25(30)20-9-11-23(12-10-20)28-13-5-8-24(28)29/h3-4,6-7,9-12,18-19H,5,8,13-17H2,1-2H3,(H,26,30). The van der Waals surface area contributed by atoms with E-state index in [1.54, 1.807) is 17.0 Å². The zero-order valence-corrected chi connectivity index (χ0v) is 18.3. The van der Waals surface area contributed by atoms with Gasteiger partial charge in [-0.3, -0.25) is 14.5 Å². The van der Waals surface area contributed by atoms with Crippen molar-refractivity contribution in [2.45, 2.75) is 52.0 Å². The fourth-order valence-electron chi connectivity index (χ4n) is 4.53. The lowest BCUT2D eigenvalue weighted by molar-refractivity contribution is -0.117. The van der Waals surface area contributed by atoms with E-state index in [2.05, 4.69) is 36.2 Å². The number of amides is 2. The normalized spacial score (nSPS) is 22.0. The molecule has 6 nitrogen and oxygen atoms in total. The molecule has 1 N–H and O–H groups in total. The largest absolute Gasteiger partial charge is 0.373 e. The van der Waals surface area contributed by atoms with Gasteiger partial charge < -0.3 is 15.0 Å². The zero-order chi connectivity index (χ0) is 21.8. The van der Waals surface area contributed by atoms with E-state index in [1.807, 2.05) is 24.3 Å². The molecular weight excluding hydrogens is 390 g/mol. The van der Waals surface area contributed by atoms with Crippen LogP contribution in [0.1, 0.15) is 48.2 Å². The molecule has 164 valence electrons. The fourth-order valence-corrected chi connectivity index (χ4v) is 4.53. The molecule has 0 radical (unpaired) electrons. The van der Waals surface area contributed by atoms with Gasteiger partial charge in [0.1, 0.15) is 0 Å². The van der Waals surface area contributed by atoms with Crippen molar-refractivity contribution in [1.29, 1.82) is 0 Å². The Morgan fingerprint density at radius 3 is 2.35 bits per heavy atom. The molecule has 2 aromatic rings. The van der Waals surface area contributed by atoms with Gasteiger partial charge in [-0.25, -0.2) is 0 Å². The predicted molar refractivity (Wildman–Crippen MR) is 121 cm³/mol. The topological polar surface area (TPSA) is 61.9 Å². The number of anilines is 1. The van der Waals surface area contributed by atoms with Crippen LogP contribution in [0.15, 0.2) is 48.5 Å². The number of carbonyl (C=O) groups excluding carboxylic acids is 2. The summed E-state index contributed by atoms with van der Waals surface area (Å²) in [6, 6.07) is 15.6. The second kappa shape index (κ2) is 9.62. The van der Waals surface area contributed by atoms with Gasteiger partial charge in [0.25, 0.3) is 5.91 Å². The average Bonchev–Trinajstić information content (AvgIpc) is 3.18. The summed E-state index contributed by atoms with van der Waals surface area (Å²) in [4.78, 5) is 28.8. The zero-order valence-electron chi connectivity index (χ0n) is 18.3. The van der Waals surface area contributed by atoms with Crippen LogP contribution in [0.25, 0.3) is 0 Å². The molecule has 0 saturated carbocycles. The van der Waals surface area contributed by atoms with Gasteiger partial charge in [0.2, 0.25) is 5.91 Å². The van der Waals surface area contributed by atoms with Gasteiger partial charge in [-0.05, 0) is 55.7 Å². The predicted octanol–water partition coefficient (Wildman–Crippen LogP) is 3.35. The Kier molecular flexibility index (Phi) is 6.68. The first-order valence-corrected chi connectivity index (χ1v) is 11.1. The van der Waals surface area contributed by atoms with Gasteiger partial charge in [-0.1, -0.05) is 24.3 Å². The number of nitrogens with zero attached hydrogens (tertiary/aromatic N) is 2. The lowest BCUT2D eigenvalue weighted by atomic mass is 10.1. The van der Waals surface area contributed by atoms with Crippen molar-refractivity contribution in [1.82, 2.24) is 10.2 Å². The smallest absolute Gasteiger partial charge is 0.251 e. The summed E-state index contributed by atoms with van der Waals surface area (Å²) in [5.74, 6) is 0.0422. The highest BCUT2D eigenvalue weighted by Gasteiger charge is 2.23. The first kappa shape index (κ1) is 21.5. The van der Waals surface area contributed by atoms with Gasteiger partial charge in [-0.15, -0.1) is 0 Å². The van der Waals surface area contributed by atoms with E-state index >= 15 is 0 Å². The summed E-state index contributed by atoms with van der Waals surface area (Å²) < 4.78 is 5.84. The summed E-state index contributed by atoms with van der Waals surface area (Å²) in [6.07, 6.45) is 1.95. The van der Waals surface area contributed by atoms with Crippen LogP contribution >= 0.6 is 0 Å². The minimum absolute atomic E-state index is 0.109. The lowest BCUT2D eigenvalue weighted by Gasteiger charge is -2.35. The third-order valence-electron chi connectivity index (χ3n) is 5.96. The summed E-state index contributed by atoms with van der Waals surface area (Å²) in [5, 5.41) is 3.05. The monoisotopic (exact) mass is 421 g/mol. The van der Waals surface area contributed by atoms with Crippen LogP contribution in [0.4, 0.5) is 5.69 Å². The molecule has 2 amide bonds. The van der Waals surface area contributed by atoms with E-state index in [1.165, 1.54) is 5.56 Å². The summed E-state index contributed by atoms with van der Waals surface area (Å²) in [7, 11) is 0. The Hall–Kier alpha value is -2.70. The van der Waals surface area contributed by atoms with Crippen LogP contribution in [0.2, 0.25) is 0 Å². The number of morpholine rings is 1. The van der Waals surface area contributed by atoms with Crippen LogP contribution in [0, 0.1) is 0 Å². The molecule has 0 aromatic heterocycles. The van der Waals surface area contributed by atoms with Crippen molar-refractivity contribution in [2.75, 3.05) is 24.5 Å². The van der Waals surface area contributed by atoms with E-state index in [-0.39, 0.29) is 24.0 Å². The second-order valence-electron chi connectivity index (χ2n) is 8.60. The molecule has 2 fully saturated rings. The first-order valence-electron chi connectivity index (χ1n) is 11.1. The van der Waals surface area contributed by atoms with Crippen LogP contribution in [0.5, 0.6) is 0 Å². The Bertz CT molecular complexity index is 918. The Morgan fingerprint density at radius 1 is 1.03 bits per heavy atom. The number of hydrogen-bond donors (Lipinski definition) is 1. The SMILES string of the molecule is CC1CN(Cc2ccccc2CNC(=O)c2ccc(N3CCCC3=O)cc2)CC(C)O1. The molecule has 0 aliphatic carbocycles. The van der Waals surface area contributed by atoms with E-state index in [4.69, 9.17) is 4.74 Å². The third kappa shape index (κ3) is 5.32. The molecule has 2 saturated heterocycles. The van der Waals surface area contributed by atoms with Gasteiger partial charge in [0, 0.05) is 50.4 Å². The maximum Gasteiger partial charge on any atom is 0.251 e. The molecule has 0 bridgehead atoms. The van der Waals surface area contributed by atoms with Crippen molar-refractivity contribution in [3.05, 3.63) is 65.2 Å². The highest BCUT2D eigenvalue weighted by Crippen LogP contribution is 2.22. The van der Waals surface area contributed by atoms with Gasteiger partial charge >= 0.3 is 0 Å². The third-order valence-corrected chi connectivity index (χ3v) is 5.96. The second-order valence-corrected chi connectivity index (χ2v) is 8.60. The van der Waals surface area contributed by atoms with Crippen molar-refractivity contribution >= 4 is 17.5 Å². The molecule has 2 atom stereocenters. The highest BCUT2D eigenvalue weighted by atomic mass is 16.5. The first-order chi connectivity index (χ1) is 15.0. The lowest BCUT2D eigenvalue weighted by Crippen LogP contribution is -2.45. The minimum atomic E-state index is -0.109. The number of benzene rings is 2. The van der Waals surface area contributed by atoms with Crippen LogP contribution in [0.3, 0.4) is 0 Å². The maximum absolute atomic E-state index is 12.7. The number of hydrogen-bond acceptors (Lipinski definition) is 4. The average molecular weight is 422 g/mol. The molecule has 2 aliphatic rings. The number of nitrogens with one attached hydrogen (secondary N) is 1. The molecule has 4 rings (SSSR count). The van der Waals surface area contributed by atoms with Crippen molar-refractivity contribution < 1.29 is 14.3 Å². The molecule has 2 aromatic carbocycles. The van der Waals surface area contributed by atoms with Crippen LogP contribution in [-0.4, -0.2) is 48.6 Å². The highest BCUT2D eigenvalue weighted by molar-refractivity contribution is 5.97. The quantitative estimate of drug-likeness (QED) is 0.777. The number of ether oxygens (including phenoxy) is 1. The number of carbonyl (C=O) groups is 2. The van der Waals surface area contributed by atoms with Crippen LogP contribution in [-0.2, 0) is 22.6 Å². The fraction of sp³-hybridized carbons (Fsp3) is 0.440. The Morgan fingerprint density at radius 2 is 1.71 bits per heavy atom. The molecular formula is C25H31N3O3. The minimum Gasteiger partial charge on any atom is -0.373 e. The molecule has 31 heavy (non-hydrogen) atoms. The van der Waals surface area contributed by atoms with E-state index in [0.717, 1.165) is 43.9 Å². The number of rotatable bonds is 6.